The molecule has 76 valence electrons. The zero-order valence-electron chi connectivity index (χ0n) is 8.67. The molecule has 0 aliphatic carbocycles. The second-order valence-electron chi connectivity index (χ2n) is 3.45. The van der Waals surface area contributed by atoms with E-state index in [9.17, 15) is 0 Å². The molecule has 4 N–H and O–H groups in total. The zero-order valence-corrected chi connectivity index (χ0v) is 8.67. The van der Waals surface area contributed by atoms with Gasteiger partial charge in [-0.2, -0.15) is 0 Å². The van der Waals surface area contributed by atoms with Crippen LogP contribution in [0.1, 0.15) is 25.8 Å². The molecule has 1 aromatic carbocycles. The minimum absolute atomic E-state index is 0.109. The van der Waals surface area contributed by atoms with E-state index in [1.54, 1.807) is 0 Å². The highest BCUT2D eigenvalue weighted by molar-refractivity contribution is 5.95. The topological polar surface area (TPSA) is 61.9 Å². The van der Waals surface area contributed by atoms with Crippen LogP contribution in [-0.2, 0) is 0 Å². The molecular formula is C11H17N3. The number of hydrogen-bond donors (Lipinski definition) is 3. The summed E-state index contributed by atoms with van der Waals surface area (Å²) in [6.07, 6.45) is 1.07. The second kappa shape index (κ2) is 4.65. The molecule has 0 unspecified atom stereocenters. The van der Waals surface area contributed by atoms with E-state index >= 15 is 0 Å². The summed E-state index contributed by atoms with van der Waals surface area (Å²) in [6, 6.07) is 8.07. The number of nitrogens with one attached hydrogen (secondary N) is 2. The molecular weight excluding hydrogens is 174 g/mol. The fourth-order valence-corrected chi connectivity index (χ4v) is 1.16. The first kappa shape index (κ1) is 10.6. The van der Waals surface area contributed by atoms with Gasteiger partial charge in [-0.05, 0) is 25.5 Å². The SMILES string of the molecule is CC[C@H](C)Nc1cccc(C(=N)N)c1. The van der Waals surface area contributed by atoms with Crippen molar-refractivity contribution in [3.05, 3.63) is 29.8 Å². The quantitative estimate of drug-likeness (QED) is 0.504. The Morgan fingerprint density at radius 1 is 1.57 bits per heavy atom. The monoisotopic (exact) mass is 191 g/mol. The van der Waals surface area contributed by atoms with Gasteiger partial charge in [-0.15, -0.1) is 0 Å². The van der Waals surface area contributed by atoms with Gasteiger partial charge in [-0.1, -0.05) is 19.1 Å². The van der Waals surface area contributed by atoms with Gasteiger partial charge in [-0.25, -0.2) is 0 Å². The number of rotatable bonds is 4. The Morgan fingerprint density at radius 2 is 2.29 bits per heavy atom. The Labute approximate surface area is 84.8 Å². The van der Waals surface area contributed by atoms with E-state index in [4.69, 9.17) is 11.1 Å². The summed E-state index contributed by atoms with van der Waals surface area (Å²) >= 11 is 0. The first-order valence-corrected chi connectivity index (χ1v) is 4.84. The molecule has 0 aliphatic heterocycles. The number of hydrogen-bond acceptors (Lipinski definition) is 2. The van der Waals surface area contributed by atoms with E-state index in [0.29, 0.717) is 6.04 Å². The van der Waals surface area contributed by atoms with Gasteiger partial charge in [0, 0.05) is 17.3 Å². The van der Waals surface area contributed by atoms with Crippen molar-refractivity contribution in [1.82, 2.24) is 0 Å². The first-order chi connectivity index (χ1) is 6.63. The van der Waals surface area contributed by atoms with Gasteiger partial charge in [0.05, 0.1) is 0 Å². The second-order valence-corrected chi connectivity index (χ2v) is 3.45. The zero-order chi connectivity index (χ0) is 10.6. The lowest BCUT2D eigenvalue weighted by Crippen LogP contribution is -2.15. The molecule has 0 aromatic heterocycles. The average molecular weight is 191 g/mol. The highest BCUT2D eigenvalue weighted by atomic mass is 14.9. The summed E-state index contributed by atoms with van der Waals surface area (Å²) in [5.74, 6) is 0.109. The molecule has 1 aromatic rings. The third-order valence-corrected chi connectivity index (χ3v) is 2.20. The van der Waals surface area contributed by atoms with Crippen LogP contribution in [0.5, 0.6) is 0 Å². The van der Waals surface area contributed by atoms with E-state index < -0.39 is 0 Å². The predicted octanol–water partition coefficient (Wildman–Crippen LogP) is 2.18. The van der Waals surface area contributed by atoms with Crippen molar-refractivity contribution in [2.75, 3.05) is 5.32 Å². The number of nitrogens with two attached hydrogens (primary N) is 1. The fraction of sp³-hybridized carbons (Fsp3) is 0.364. The van der Waals surface area contributed by atoms with E-state index in [-0.39, 0.29) is 5.84 Å². The highest BCUT2D eigenvalue weighted by Crippen LogP contribution is 2.12. The Morgan fingerprint density at radius 3 is 2.86 bits per heavy atom. The summed E-state index contributed by atoms with van der Waals surface area (Å²) < 4.78 is 0. The fourth-order valence-electron chi connectivity index (χ4n) is 1.16. The van der Waals surface area contributed by atoms with Crippen molar-refractivity contribution < 1.29 is 0 Å². The molecule has 1 rings (SSSR count). The summed E-state index contributed by atoms with van der Waals surface area (Å²) in [4.78, 5) is 0. The third-order valence-electron chi connectivity index (χ3n) is 2.20. The molecule has 0 spiro atoms. The molecule has 14 heavy (non-hydrogen) atoms. The van der Waals surface area contributed by atoms with Gasteiger partial charge in [0.2, 0.25) is 0 Å². The van der Waals surface area contributed by atoms with Crippen LogP contribution in [0.25, 0.3) is 0 Å². The van der Waals surface area contributed by atoms with Gasteiger partial charge < -0.3 is 11.1 Å². The van der Waals surface area contributed by atoms with E-state index in [2.05, 4.69) is 19.2 Å². The van der Waals surface area contributed by atoms with Gasteiger partial charge in [0.25, 0.3) is 0 Å². The molecule has 0 amide bonds. The number of benzene rings is 1. The smallest absolute Gasteiger partial charge is 0.122 e. The Hall–Kier alpha value is -1.51. The lowest BCUT2D eigenvalue weighted by atomic mass is 10.1. The molecule has 0 saturated heterocycles. The maximum Gasteiger partial charge on any atom is 0.122 e. The molecule has 0 fully saturated rings. The van der Waals surface area contributed by atoms with Crippen LogP contribution in [0, 0.1) is 5.41 Å². The summed E-state index contributed by atoms with van der Waals surface area (Å²) in [6.45, 7) is 4.26. The molecule has 0 aliphatic rings. The van der Waals surface area contributed by atoms with E-state index in [1.165, 1.54) is 0 Å². The Balaban J connectivity index is 2.78. The Bertz CT molecular complexity index is 320. The van der Waals surface area contributed by atoms with Crippen molar-refractivity contribution in [2.24, 2.45) is 5.73 Å². The van der Waals surface area contributed by atoms with Crippen molar-refractivity contribution in [3.8, 4) is 0 Å². The van der Waals surface area contributed by atoms with Crippen molar-refractivity contribution in [2.45, 2.75) is 26.3 Å². The summed E-state index contributed by atoms with van der Waals surface area (Å²) in [5, 5.41) is 10.6. The lowest BCUT2D eigenvalue weighted by Gasteiger charge is -2.13. The van der Waals surface area contributed by atoms with E-state index in [1.807, 2.05) is 24.3 Å². The molecule has 1 atom stereocenters. The van der Waals surface area contributed by atoms with Gasteiger partial charge in [-0.3, -0.25) is 5.41 Å². The maximum atomic E-state index is 7.31. The number of amidine groups is 1. The van der Waals surface area contributed by atoms with Crippen molar-refractivity contribution >= 4 is 11.5 Å². The largest absolute Gasteiger partial charge is 0.384 e. The molecule has 0 radical (unpaired) electrons. The molecule has 3 nitrogen and oxygen atoms in total. The minimum atomic E-state index is 0.109. The maximum absolute atomic E-state index is 7.31. The van der Waals surface area contributed by atoms with Gasteiger partial charge in [0.1, 0.15) is 5.84 Å². The van der Waals surface area contributed by atoms with Crippen LogP contribution in [0.2, 0.25) is 0 Å². The van der Waals surface area contributed by atoms with Crippen molar-refractivity contribution in [3.63, 3.8) is 0 Å². The predicted molar refractivity (Wildman–Crippen MR) is 60.8 cm³/mol. The number of anilines is 1. The van der Waals surface area contributed by atoms with Crippen LogP contribution in [-0.4, -0.2) is 11.9 Å². The molecule has 3 heteroatoms. The van der Waals surface area contributed by atoms with Crippen LogP contribution in [0.15, 0.2) is 24.3 Å². The molecule has 0 saturated carbocycles. The first-order valence-electron chi connectivity index (χ1n) is 4.84. The Kier molecular flexibility index (Phi) is 3.51. The summed E-state index contributed by atoms with van der Waals surface area (Å²) in [5.41, 5.74) is 7.18. The number of nitrogen functional groups attached to an aromatic ring is 1. The van der Waals surface area contributed by atoms with Crippen molar-refractivity contribution in [1.29, 1.82) is 5.41 Å². The average Bonchev–Trinajstić information content (AvgIpc) is 2.18. The van der Waals surface area contributed by atoms with Crippen LogP contribution >= 0.6 is 0 Å². The van der Waals surface area contributed by atoms with Crippen LogP contribution in [0.4, 0.5) is 5.69 Å². The normalized spacial score (nSPS) is 12.1. The minimum Gasteiger partial charge on any atom is -0.384 e. The van der Waals surface area contributed by atoms with Gasteiger partial charge >= 0.3 is 0 Å². The molecule has 0 heterocycles. The van der Waals surface area contributed by atoms with Crippen LogP contribution < -0.4 is 11.1 Å². The van der Waals surface area contributed by atoms with E-state index in [0.717, 1.165) is 17.7 Å². The van der Waals surface area contributed by atoms with Gasteiger partial charge in [0.15, 0.2) is 0 Å². The lowest BCUT2D eigenvalue weighted by molar-refractivity contribution is 0.764. The third kappa shape index (κ3) is 2.76. The van der Waals surface area contributed by atoms with Crippen LogP contribution in [0.3, 0.4) is 0 Å². The summed E-state index contributed by atoms with van der Waals surface area (Å²) in [7, 11) is 0. The standard InChI is InChI=1S/C11H17N3/c1-3-8(2)14-10-6-4-5-9(7-10)11(12)13/h4-8,14H,3H2,1-2H3,(H3,12,13)/t8-/m0/s1. The molecule has 0 bridgehead atoms. The highest BCUT2D eigenvalue weighted by Gasteiger charge is 2.00.